The minimum absolute atomic E-state index is 0.533. The minimum atomic E-state index is 0.533. The first-order valence-corrected chi connectivity index (χ1v) is 5.32. The van der Waals surface area contributed by atoms with Gasteiger partial charge in [0.2, 0.25) is 4.02 Å². The summed E-state index contributed by atoms with van der Waals surface area (Å²) in [4.78, 5) is 0. The molecule has 0 amide bonds. The van der Waals surface area contributed by atoms with Gasteiger partial charge in [0.1, 0.15) is 5.75 Å². The third-order valence-electron chi connectivity index (χ3n) is 1.83. The molecule has 0 saturated heterocycles. The van der Waals surface area contributed by atoms with Crippen LogP contribution in [0.5, 0.6) is 5.75 Å². The molecule has 1 aromatic heterocycles. The quantitative estimate of drug-likeness (QED) is 0.725. The number of benzene rings is 1. The molecule has 1 aromatic carbocycles. The van der Waals surface area contributed by atoms with Gasteiger partial charge in [0.25, 0.3) is 0 Å². The van der Waals surface area contributed by atoms with Gasteiger partial charge in [-0.3, -0.25) is 0 Å². The number of para-hydroxylation sites is 1. The standard InChI is InChI=1S/C10H8O2S2/c1-11-8-5-3-2-4-7(8)9-6-14-10(13)12-9/h2-6H,1H3. The third kappa shape index (κ3) is 1.71. The van der Waals surface area contributed by atoms with Crippen LogP contribution in [-0.2, 0) is 0 Å². The van der Waals surface area contributed by atoms with Crippen molar-refractivity contribution >= 4 is 23.6 Å². The van der Waals surface area contributed by atoms with Crippen molar-refractivity contribution in [3.63, 3.8) is 0 Å². The number of ether oxygens (including phenoxy) is 1. The van der Waals surface area contributed by atoms with E-state index < -0.39 is 0 Å². The molecular formula is C10H8O2S2. The highest BCUT2D eigenvalue weighted by molar-refractivity contribution is 7.73. The molecule has 0 bridgehead atoms. The molecule has 4 heteroatoms. The Morgan fingerprint density at radius 3 is 2.79 bits per heavy atom. The lowest BCUT2D eigenvalue weighted by atomic mass is 10.2. The van der Waals surface area contributed by atoms with Gasteiger partial charge >= 0.3 is 0 Å². The van der Waals surface area contributed by atoms with Gasteiger partial charge < -0.3 is 9.15 Å². The smallest absolute Gasteiger partial charge is 0.247 e. The summed E-state index contributed by atoms with van der Waals surface area (Å²) in [5.74, 6) is 1.56. The maximum Gasteiger partial charge on any atom is 0.247 e. The molecule has 0 spiro atoms. The molecule has 0 N–H and O–H groups in total. The predicted octanol–water partition coefficient (Wildman–Crippen LogP) is 3.75. The average Bonchev–Trinajstić information content (AvgIpc) is 2.65. The van der Waals surface area contributed by atoms with Gasteiger partial charge in [0.05, 0.1) is 12.7 Å². The molecule has 14 heavy (non-hydrogen) atoms. The van der Waals surface area contributed by atoms with E-state index >= 15 is 0 Å². The second kappa shape index (κ2) is 3.94. The van der Waals surface area contributed by atoms with Crippen LogP contribution in [0.1, 0.15) is 0 Å². The predicted molar refractivity (Wildman–Crippen MR) is 59.4 cm³/mol. The topological polar surface area (TPSA) is 22.4 Å². The van der Waals surface area contributed by atoms with Crippen molar-refractivity contribution in [3.05, 3.63) is 33.7 Å². The van der Waals surface area contributed by atoms with Crippen LogP contribution in [0.25, 0.3) is 11.3 Å². The van der Waals surface area contributed by atoms with E-state index in [0.29, 0.717) is 4.02 Å². The van der Waals surface area contributed by atoms with Crippen LogP contribution in [0.3, 0.4) is 0 Å². The number of hydrogen-bond acceptors (Lipinski definition) is 4. The molecule has 0 atom stereocenters. The van der Waals surface area contributed by atoms with Crippen LogP contribution in [0.15, 0.2) is 34.1 Å². The van der Waals surface area contributed by atoms with E-state index in [1.165, 1.54) is 11.3 Å². The zero-order valence-corrected chi connectivity index (χ0v) is 9.15. The summed E-state index contributed by atoms with van der Waals surface area (Å²) in [7, 11) is 1.64. The maximum absolute atomic E-state index is 5.37. The zero-order valence-electron chi connectivity index (χ0n) is 7.52. The Bertz CT molecular complexity index is 485. The first-order valence-electron chi connectivity index (χ1n) is 4.03. The summed E-state index contributed by atoms with van der Waals surface area (Å²) < 4.78 is 11.1. The van der Waals surface area contributed by atoms with Crippen molar-refractivity contribution in [3.8, 4) is 17.1 Å². The summed E-state index contributed by atoms with van der Waals surface area (Å²) in [6.07, 6.45) is 0. The fourth-order valence-electron chi connectivity index (χ4n) is 1.21. The molecular weight excluding hydrogens is 216 g/mol. The van der Waals surface area contributed by atoms with Gasteiger partial charge in [-0.2, -0.15) is 0 Å². The van der Waals surface area contributed by atoms with Gasteiger partial charge in [-0.25, -0.2) is 0 Å². The molecule has 0 fully saturated rings. The van der Waals surface area contributed by atoms with Crippen molar-refractivity contribution < 1.29 is 9.15 Å². The van der Waals surface area contributed by atoms with E-state index in [1.54, 1.807) is 7.11 Å². The Kier molecular flexibility index (Phi) is 2.65. The fourth-order valence-corrected chi connectivity index (χ4v) is 1.96. The zero-order chi connectivity index (χ0) is 9.97. The largest absolute Gasteiger partial charge is 0.496 e. The Morgan fingerprint density at radius 1 is 1.36 bits per heavy atom. The molecule has 0 radical (unpaired) electrons. The summed E-state index contributed by atoms with van der Waals surface area (Å²) in [5, 5.41) is 1.89. The van der Waals surface area contributed by atoms with Crippen molar-refractivity contribution in [1.82, 2.24) is 0 Å². The molecule has 2 rings (SSSR count). The average molecular weight is 224 g/mol. The monoisotopic (exact) mass is 224 g/mol. The van der Waals surface area contributed by atoms with Gasteiger partial charge in [0, 0.05) is 5.38 Å². The molecule has 0 saturated carbocycles. The van der Waals surface area contributed by atoms with Crippen LogP contribution in [0, 0.1) is 4.02 Å². The van der Waals surface area contributed by atoms with Crippen molar-refractivity contribution in [2.45, 2.75) is 0 Å². The molecule has 0 unspecified atom stereocenters. The Labute approximate surface area is 90.8 Å². The number of methoxy groups -OCH3 is 1. The highest BCUT2D eigenvalue weighted by Gasteiger charge is 2.07. The van der Waals surface area contributed by atoms with Crippen LogP contribution in [0.4, 0.5) is 0 Å². The third-order valence-corrected chi connectivity index (χ3v) is 2.81. The van der Waals surface area contributed by atoms with Crippen LogP contribution >= 0.6 is 23.6 Å². The highest BCUT2D eigenvalue weighted by Crippen LogP contribution is 2.31. The summed E-state index contributed by atoms with van der Waals surface area (Å²) in [6.45, 7) is 0. The van der Waals surface area contributed by atoms with Crippen molar-refractivity contribution in [1.29, 1.82) is 0 Å². The number of hydrogen-bond donors (Lipinski definition) is 0. The Morgan fingerprint density at radius 2 is 2.14 bits per heavy atom. The van der Waals surface area contributed by atoms with Gasteiger partial charge in [0.15, 0.2) is 5.76 Å². The van der Waals surface area contributed by atoms with Crippen LogP contribution in [-0.4, -0.2) is 7.11 Å². The molecule has 2 aromatic rings. The first kappa shape index (κ1) is 9.43. The highest BCUT2D eigenvalue weighted by atomic mass is 32.1. The van der Waals surface area contributed by atoms with E-state index in [1.807, 2.05) is 29.6 Å². The summed E-state index contributed by atoms with van der Waals surface area (Å²) in [6, 6.07) is 7.70. The second-order valence-corrected chi connectivity index (χ2v) is 4.12. The Balaban J connectivity index is 2.55. The SMILES string of the molecule is COc1ccccc1-c1csc(=S)o1. The first-order chi connectivity index (χ1) is 6.81. The second-order valence-electron chi connectivity index (χ2n) is 2.65. The molecule has 0 aliphatic heterocycles. The van der Waals surface area contributed by atoms with E-state index in [0.717, 1.165) is 17.1 Å². The van der Waals surface area contributed by atoms with Crippen LogP contribution < -0.4 is 4.74 Å². The molecule has 0 aliphatic rings. The number of rotatable bonds is 2. The lowest BCUT2D eigenvalue weighted by Crippen LogP contribution is -1.85. The Hall–Kier alpha value is -1.13. The lowest BCUT2D eigenvalue weighted by Gasteiger charge is -2.03. The van der Waals surface area contributed by atoms with Gasteiger partial charge in [-0.1, -0.05) is 23.5 Å². The van der Waals surface area contributed by atoms with Crippen molar-refractivity contribution in [2.24, 2.45) is 0 Å². The molecule has 72 valence electrons. The lowest BCUT2D eigenvalue weighted by molar-refractivity contribution is 0.414. The molecule has 1 heterocycles. The van der Waals surface area contributed by atoms with E-state index in [2.05, 4.69) is 0 Å². The van der Waals surface area contributed by atoms with Gasteiger partial charge in [-0.05, 0) is 24.4 Å². The summed E-state index contributed by atoms with van der Waals surface area (Å²) >= 11 is 6.33. The fraction of sp³-hybridized carbons (Fsp3) is 0.100. The van der Waals surface area contributed by atoms with Crippen LogP contribution in [0.2, 0.25) is 0 Å². The maximum atomic E-state index is 5.37. The van der Waals surface area contributed by atoms with Crippen molar-refractivity contribution in [2.75, 3.05) is 7.11 Å². The normalized spacial score (nSPS) is 10.1. The van der Waals surface area contributed by atoms with Gasteiger partial charge in [-0.15, -0.1) is 0 Å². The molecule has 0 aliphatic carbocycles. The van der Waals surface area contributed by atoms with E-state index in [-0.39, 0.29) is 0 Å². The summed E-state index contributed by atoms with van der Waals surface area (Å²) in [5.41, 5.74) is 0.933. The molecule has 2 nitrogen and oxygen atoms in total. The van der Waals surface area contributed by atoms with E-state index in [9.17, 15) is 0 Å². The minimum Gasteiger partial charge on any atom is -0.496 e. The van der Waals surface area contributed by atoms with E-state index in [4.69, 9.17) is 21.4 Å².